The number of thiazole rings is 1. The van der Waals surface area contributed by atoms with Crippen LogP contribution in [0, 0.1) is 0 Å². The monoisotopic (exact) mass is 331 g/mol. The van der Waals surface area contributed by atoms with Crippen molar-refractivity contribution in [2.45, 2.75) is 13.0 Å². The first-order chi connectivity index (χ1) is 11.1. The summed E-state index contributed by atoms with van der Waals surface area (Å²) in [5.41, 5.74) is 1.00. The maximum Gasteiger partial charge on any atom is 0.255 e. The first kappa shape index (κ1) is 15.0. The van der Waals surface area contributed by atoms with Crippen molar-refractivity contribution in [2.75, 3.05) is 5.32 Å². The molecule has 0 radical (unpaired) electrons. The van der Waals surface area contributed by atoms with Crippen LogP contribution in [0.25, 0.3) is 11.5 Å². The lowest BCUT2D eigenvalue weighted by Gasteiger charge is -2.12. The van der Waals surface area contributed by atoms with E-state index in [4.69, 9.17) is 8.83 Å². The Morgan fingerprint density at radius 1 is 1.30 bits per heavy atom. The van der Waals surface area contributed by atoms with E-state index >= 15 is 0 Å². The van der Waals surface area contributed by atoms with E-state index in [-0.39, 0.29) is 11.8 Å². The van der Waals surface area contributed by atoms with Crippen LogP contribution in [0.15, 0.2) is 51.2 Å². The van der Waals surface area contributed by atoms with E-state index in [0.717, 1.165) is 0 Å². The molecule has 0 saturated carbocycles. The number of furan rings is 2. The van der Waals surface area contributed by atoms with Gasteiger partial charge in [-0.15, -0.1) is 11.3 Å². The molecule has 3 aromatic heterocycles. The van der Waals surface area contributed by atoms with Gasteiger partial charge in [-0.05, 0) is 25.1 Å². The highest BCUT2D eigenvalue weighted by molar-refractivity contribution is 7.14. The van der Waals surface area contributed by atoms with E-state index in [0.29, 0.717) is 22.1 Å². The zero-order valence-corrected chi connectivity index (χ0v) is 12.9. The van der Waals surface area contributed by atoms with Crippen molar-refractivity contribution >= 4 is 28.3 Å². The van der Waals surface area contributed by atoms with Crippen molar-refractivity contribution in [3.63, 3.8) is 0 Å². The summed E-state index contributed by atoms with van der Waals surface area (Å²) >= 11 is 1.28. The van der Waals surface area contributed by atoms with Crippen LogP contribution in [0.2, 0.25) is 0 Å². The van der Waals surface area contributed by atoms with Crippen molar-refractivity contribution in [1.29, 1.82) is 0 Å². The lowest BCUT2D eigenvalue weighted by molar-refractivity contribution is -0.117. The van der Waals surface area contributed by atoms with Crippen LogP contribution in [0.3, 0.4) is 0 Å². The van der Waals surface area contributed by atoms with Gasteiger partial charge >= 0.3 is 0 Å². The molecule has 2 amide bonds. The summed E-state index contributed by atoms with van der Waals surface area (Å²) in [7, 11) is 0. The van der Waals surface area contributed by atoms with Crippen LogP contribution in [0.1, 0.15) is 17.3 Å². The molecule has 23 heavy (non-hydrogen) atoms. The van der Waals surface area contributed by atoms with Gasteiger partial charge in [0.25, 0.3) is 5.91 Å². The van der Waals surface area contributed by atoms with E-state index in [1.54, 1.807) is 30.7 Å². The van der Waals surface area contributed by atoms with Crippen LogP contribution in [-0.4, -0.2) is 22.8 Å². The molecule has 1 unspecified atom stereocenters. The predicted molar refractivity (Wildman–Crippen MR) is 84.1 cm³/mol. The molecule has 0 aromatic carbocycles. The number of aromatic nitrogens is 1. The molecule has 118 valence electrons. The normalized spacial score (nSPS) is 11.9. The highest BCUT2D eigenvalue weighted by atomic mass is 32.1. The van der Waals surface area contributed by atoms with Gasteiger partial charge in [0.05, 0.1) is 18.1 Å². The number of hydrogen-bond donors (Lipinski definition) is 2. The lowest BCUT2D eigenvalue weighted by atomic mass is 10.2. The number of nitrogens with one attached hydrogen (secondary N) is 2. The minimum Gasteiger partial charge on any atom is -0.472 e. The minimum atomic E-state index is -0.714. The second-order valence-corrected chi connectivity index (χ2v) is 5.57. The van der Waals surface area contributed by atoms with Gasteiger partial charge in [-0.25, -0.2) is 4.98 Å². The molecular formula is C15H13N3O4S. The number of carbonyl (C=O) groups excluding carboxylic acids is 2. The number of nitrogens with zero attached hydrogens (tertiary/aromatic N) is 1. The van der Waals surface area contributed by atoms with Crippen LogP contribution < -0.4 is 10.6 Å². The molecule has 0 aliphatic heterocycles. The average Bonchev–Trinajstić information content (AvgIpc) is 3.28. The molecule has 7 nitrogen and oxygen atoms in total. The Hall–Kier alpha value is -2.87. The Morgan fingerprint density at radius 2 is 2.17 bits per heavy atom. The Bertz CT molecular complexity index is 793. The van der Waals surface area contributed by atoms with Gasteiger partial charge in [0, 0.05) is 5.38 Å². The molecule has 3 heterocycles. The Labute approximate surface area is 135 Å². The quantitative estimate of drug-likeness (QED) is 0.749. The number of carbonyl (C=O) groups is 2. The van der Waals surface area contributed by atoms with Crippen molar-refractivity contribution in [3.05, 3.63) is 47.9 Å². The third-order valence-electron chi connectivity index (χ3n) is 3.03. The number of amides is 2. The first-order valence-corrected chi connectivity index (χ1v) is 7.65. The molecule has 3 rings (SSSR count). The highest BCUT2D eigenvalue weighted by Crippen LogP contribution is 2.25. The zero-order chi connectivity index (χ0) is 16.2. The highest BCUT2D eigenvalue weighted by Gasteiger charge is 2.18. The predicted octanol–water partition coefficient (Wildman–Crippen LogP) is 2.75. The fraction of sp³-hybridized carbons (Fsp3) is 0.133. The van der Waals surface area contributed by atoms with Crippen LogP contribution >= 0.6 is 11.3 Å². The second kappa shape index (κ2) is 6.49. The average molecular weight is 331 g/mol. The van der Waals surface area contributed by atoms with Crippen molar-refractivity contribution < 1.29 is 18.4 Å². The molecule has 2 N–H and O–H groups in total. The van der Waals surface area contributed by atoms with E-state index < -0.39 is 6.04 Å². The maximum absolute atomic E-state index is 12.1. The second-order valence-electron chi connectivity index (χ2n) is 4.71. The number of rotatable bonds is 5. The molecule has 8 heteroatoms. The number of anilines is 1. The fourth-order valence-electron chi connectivity index (χ4n) is 1.82. The van der Waals surface area contributed by atoms with Gasteiger partial charge in [-0.3, -0.25) is 9.59 Å². The van der Waals surface area contributed by atoms with Gasteiger partial charge in [-0.2, -0.15) is 0 Å². The van der Waals surface area contributed by atoms with Crippen LogP contribution in [0.5, 0.6) is 0 Å². The Balaban J connectivity index is 1.59. The number of hydrogen-bond acceptors (Lipinski definition) is 6. The summed E-state index contributed by atoms with van der Waals surface area (Å²) in [6, 6.07) is 4.36. The molecule has 0 spiro atoms. The molecule has 0 saturated heterocycles. The lowest BCUT2D eigenvalue weighted by Crippen LogP contribution is -2.41. The van der Waals surface area contributed by atoms with Gasteiger partial charge < -0.3 is 19.5 Å². The SMILES string of the molecule is CC(NC(=O)c1ccoc1)C(=O)Nc1nc(-c2ccco2)cs1. The van der Waals surface area contributed by atoms with Gasteiger partial charge in [-0.1, -0.05) is 0 Å². The molecule has 0 bridgehead atoms. The van der Waals surface area contributed by atoms with Crippen molar-refractivity contribution in [2.24, 2.45) is 0 Å². The van der Waals surface area contributed by atoms with Crippen molar-refractivity contribution in [1.82, 2.24) is 10.3 Å². The molecule has 3 aromatic rings. The van der Waals surface area contributed by atoms with Crippen LogP contribution in [0.4, 0.5) is 5.13 Å². The molecule has 0 fully saturated rings. The zero-order valence-electron chi connectivity index (χ0n) is 12.1. The van der Waals surface area contributed by atoms with Gasteiger partial charge in [0.15, 0.2) is 10.9 Å². The molecule has 0 aliphatic rings. The third-order valence-corrected chi connectivity index (χ3v) is 3.79. The summed E-state index contributed by atoms with van der Waals surface area (Å²) in [5, 5.41) is 7.46. The fourth-order valence-corrected chi connectivity index (χ4v) is 2.52. The molecule has 0 aliphatic carbocycles. The Kier molecular flexibility index (Phi) is 4.24. The van der Waals surface area contributed by atoms with Crippen LogP contribution in [-0.2, 0) is 4.79 Å². The van der Waals surface area contributed by atoms with E-state index in [2.05, 4.69) is 15.6 Å². The standard InChI is InChI=1S/C15H13N3O4S/c1-9(16-14(20)10-4-6-21-7-10)13(19)18-15-17-11(8-23-15)12-3-2-5-22-12/h2-9H,1H3,(H,16,20)(H,17,18,19). The molecule has 1 atom stereocenters. The summed E-state index contributed by atoms with van der Waals surface area (Å²) < 4.78 is 10.1. The van der Waals surface area contributed by atoms with E-state index in [9.17, 15) is 9.59 Å². The van der Waals surface area contributed by atoms with E-state index in [1.165, 1.54) is 29.9 Å². The van der Waals surface area contributed by atoms with Gasteiger partial charge in [0.2, 0.25) is 5.91 Å². The summed E-state index contributed by atoms with van der Waals surface area (Å²) in [4.78, 5) is 28.2. The first-order valence-electron chi connectivity index (χ1n) is 6.77. The summed E-state index contributed by atoms with van der Waals surface area (Å²) in [6.07, 6.45) is 4.27. The summed E-state index contributed by atoms with van der Waals surface area (Å²) in [6.45, 7) is 1.59. The largest absolute Gasteiger partial charge is 0.472 e. The maximum atomic E-state index is 12.1. The minimum absolute atomic E-state index is 0.359. The molecular weight excluding hydrogens is 318 g/mol. The topological polar surface area (TPSA) is 97.4 Å². The van der Waals surface area contributed by atoms with Gasteiger partial charge in [0.1, 0.15) is 18.0 Å². The van der Waals surface area contributed by atoms with E-state index in [1.807, 2.05) is 0 Å². The third kappa shape index (κ3) is 3.49. The van der Waals surface area contributed by atoms with Crippen molar-refractivity contribution in [3.8, 4) is 11.5 Å². The summed E-state index contributed by atoms with van der Waals surface area (Å²) in [5.74, 6) is -0.109. The Morgan fingerprint density at radius 3 is 2.87 bits per heavy atom. The smallest absolute Gasteiger partial charge is 0.255 e.